The number of carboxylic acids is 1. The fraction of sp³-hybridized carbons (Fsp3) is 0.650. The molecule has 4 N–H and O–H groups in total. The minimum absolute atomic E-state index is 0. The summed E-state index contributed by atoms with van der Waals surface area (Å²) in [5, 5.41) is 10.3. The van der Waals surface area contributed by atoms with Crippen molar-refractivity contribution in [1.82, 2.24) is 6.15 Å². The number of hydrogen-bond donors (Lipinski definition) is 1. The van der Waals surface area contributed by atoms with Gasteiger partial charge in [0.2, 0.25) is 0 Å². The Labute approximate surface area is 147 Å². The van der Waals surface area contributed by atoms with E-state index in [9.17, 15) is 9.90 Å². The summed E-state index contributed by atoms with van der Waals surface area (Å²) in [7, 11) is 0. The van der Waals surface area contributed by atoms with Crippen LogP contribution in [0.3, 0.4) is 0 Å². The van der Waals surface area contributed by atoms with E-state index in [4.69, 9.17) is 4.74 Å². The highest BCUT2D eigenvalue weighted by molar-refractivity contribution is 5.66. The molecule has 1 rings (SSSR count). The zero-order chi connectivity index (χ0) is 16.8. The summed E-state index contributed by atoms with van der Waals surface area (Å²) < 4.78 is 5.07. The summed E-state index contributed by atoms with van der Waals surface area (Å²) in [6, 6.07) is 7.68. The van der Waals surface area contributed by atoms with Crippen LogP contribution in [0.2, 0.25) is 0 Å². The number of aliphatic carboxylic acids is 1. The van der Waals surface area contributed by atoms with Gasteiger partial charge >= 0.3 is 0 Å². The van der Waals surface area contributed by atoms with Gasteiger partial charge in [0.1, 0.15) is 12.4 Å². The molecule has 0 aliphatic carbocycles. The van der Waals surface area contributed by atoms with Gasteiger partial charge in [0.25, 0.3) is 0 Å². The van der Waals surface area contributed by atoms with Gasteiger partial charge in [0, 0.05) is 0 Å². The molecule has 0 aromatic heterocycles. The second-order valence-corrected chi connectivity index (χ2v) is 6.24. The summed E-state index contributed by atoms with van der Waals surface area (Å²) in [6.45, 7) is 1.87. The Hall–Kier alpha value is -1.55. The minimum atomic E-state index is -1.19. The standard InChI is InChI=1S/C20H32O3.H3N/c1-2-3-4-5-6-7-8-9-10-11-12-18-13-15-19(16-14-18)23-17-20(21)22;/h13-16H,2-12,17H2,1H3,(H,21,22);1H3. The Morgan fingerprint density at radius 3 is 1.88 bits per heavy atom. The number of aryl methyl sites for hydroxylation is 1. The van der Waals surface area contributed by atoms with Crippen molar-refractivity contribution in [3.8, 4) is 5.75 Å². The molecule has 0 radical (unpaired) electrons. The Balaban J connectivity index is 0.00000529. The lowest BCUT2D eigenvalue weighted by atomic mass is 10.0. The van der Waals surface area contributed by atoms with Crippen LogP contribution in [0, 0.1) is 0 Å². The van der Waals surface area contributed by atoms with Crippen molar-refractivity contribution in [2.75, 3.05) is 6.61 Å². The second-order valence-electron chi connectivity index (χ2n) is 6.24. The molecule has 24 heavy (non-hydrogen) atoms. The first-order valence-corrected chi connectivity index (χ1v) is 9.14. The summed E-state index contributed by atoms with van der Waals surface area (Å²) in [5.41, 5.74) is 1.28. The van der Waals surface area contributed by atoms with Crippen molar-refractivity contribution < 1.29 is 14.6 Å². The number of carbonyl (C=O) groups excluding carboxylic acids is 1. The van der Waals surface area contributed by atoms with Crippen molar-refractivity contribution in [2.45, 2.75) is 77.6 Å². The predicted octanol–water partition coefficient (Wildman–Crippen LogP) is 4.65. The molecule has 0 fully saturated rings. The number of ether oxygens (including phenoxy) is 1. The molecule has 1 aromatic carbocycles. The van der Waals surface area contributed by atoms with Crippen LogP contribution in [0.25, 0.3) is 0 Å². The Kier molecular flexibility index (Phi) is 14.0. The molecule has 0 unspecified atom stereocenters. The van der Waals surface area contributed by atoms with Gasteiger partial charge in [-0.15, -0.1) is 0 Å². The third kappa shape index (κ3) is 11.9. The van der Waals surface area contributed by atoms with Crippen molar-refractivity contribution in [3.63, 3.8) is 0 Å². The lowest BCUT2D eigenvalue weighted by Gasteiger charge is -2.07. The Morgan fingerprint density at radius 2 is 1.38 bits per heavy atom. The van der Waals surface area contributed by atoms with Gasteiger partial charge in [-0.1, -0.05) is 76.8 Å². The predicted molar refractivity (Wildman–Crippen MR) is 98.5 cm³/mol. The van der Waals surface area contributed by atoms with Crippen LogP contribution in [-0.4, -0.2) is 12.6 Å². The van der Waals surface area contributed by atoms with Gasteiger partial charge in [-0.25, -0.2) is 0 Å². The van der Waals surface area contributed by atoms with E-state index in [1.165, 1.54) is 69.8 Å². The quantitative estimate of drug-likeness (QED) is 0.501. The van der Waals surface area contributed by atoms with E-state index in [-0.39, 0.29) is 6.15 Å². The molecule has 0 aliphatic heterocycles. The normalized spacial score (nSPS) is 10.2. The van der Waals surface area contributed by atoms with E-state index >= 15 is 0 Å². The highest BCUT2D eigenvalue weighted by Gasteiger charge is 1.97. The smallest absolute Gasteiger partial charge is 0.128 e. The van der Waals surface area contributed by atoms with Crippen LogP contribution in [0.1, 0.15) is 76.7 Å². The molecule has 0 aliphatic rings. The molecule has 0 saturated carbocycles. The molecule has 4 nitrogen and oxygen atoms in total. The van der Waals surface area contributed by atoms with Crippen molar-refractivity contribution in [3.05, 3.63) is 29.8 Å². The molecule has 0 heterocycles. The fourth-order valence-electron chi connectivity index (χ4n) is 2.71. The molecule has 0 saturated heterocycles. The zero-order valence-electron chi connectivity index (χ0n) is 15.5. The van der Waals surface area contributed by atoms with E-state index in [0.717, 1.165) is 6.42 Å². The summed E-state index contributed by atoms with van der Waals surface area (Å²) >= 11 is 0. The van der Waals surface area contributed by atoms with Crippen LogP contribution in [0.4, 0.5) is 0 Å². The number of benzene rings is 1. The first-order valence-electron chi connectivity index (χ1n) is 9.14. The second kappa shape index (κ2) is 15.0. The number of rotatable bonds is 14. The average molecular weight is 338 g/mol. The van der Waals surface area contributed by atoms with Gasteiger partial charge in [-0.2, -0.15) is 0 Å². The van der Waals surface area contributed by atoms with E-state index in [2.05, 4.69) is 6.92 Å². The number of unbranched alkanes of at least 4 members (excludes halogenated alkanes) is 9. The van der Waals surface area contributed by atoms with Crippen LogP contribution in [-0.2, 0) is 11.2 Å². The van der Waals surface area contributed by atoms with Gasteiger partial charge in [-0.3, -0.25) is 0 Å². The summed E-state index contributed by atoms with van der Waals surface area (Å²) in [6.07, 6.45) is 14.6. The fourth-order valence-corrected chi connectivity index (χ4v) is 2.71. The zero-order valence-corrected chi connectivity index (χ0v) is 15.5. The third-order valence-electron chi connectivity index (χ3n) is 4.10. The summed E-state index contributed by atoms with van der Waals surface area (Å²) in [4.78, 5) is 10.3. The molecular weight excluding hydrogens is 302 g/mol. The monoisotopic (exact) mass is 337 g/mol. The maximum Gasteiger partial charge on any atom is 0.128 e. The van der Waals surface area contributed by atoms with Crippen molar-refractivity contribution >= 4 is 5.97 Å². The lowest BCUT2D eigenvalue weighted by molar-refractivity contribution is -0.307. The van der Waals surface area contributed by atoms with Crippen LogP contribution in [0.5, 0.6) is 5.75 Å². The largest absolute Gasteiger partial charge is 0.546 e. The van der Waals surface area contributed by atoms with Gasteiger partial charge in [-0.05, 0) is 30.5 Å². The van der Waals surface area contributed by atoms with Crippen LogP contribution >= 0.6 is 0 Å². The average Bonchev–Trinajstić information content (AvgIpc) is 2.55. The van der Waals surface area contributed by atoms with E-state index in [1.54, 1.807) is 0 Å². The van der Waals surface area contributed by atoms with Crippen LogP contribution in [0.15, 0.2) is 24.3 Å². The number of hydrogen-bond acceptors (Lipinski definition) is 3. The Morgan fingerprint density at radius 1 is 0.875 bits per heavy atom. The molecule has 0 bridgehead atoms. The topological polar surface area (TPSA) is 85.9 Å². The number of carboxylic acid groups (broad SMARTS) is 1. The van der Waals surface area contributed by atoms with Crippen molar-refractivity contribution in [2.24, 2.45) is 0 Å². The molecule has 0 amide bonds. The Bertz CT molecular complexity index is 417. The maximum absolute atomic E-state index is 10.3. The van der Waals surface area contributed by atoms with Crippen molar-refractivity contribution in [1.29, 1.82) is 0 Å². The maximum atomic E-state index is 10.3. The summed E-state index contributed by atoms with van der Waals surface area (Å²) in [5.74, 6) is -0.611. The first kappa shape index (κ1) is 22.4. The van der Waals surface area contributed by atoms with Gasteiger partial charge in [0.15, 0.2) is 0 Å². The highest BCUT2D eigenvalue weighted by atomic mass is 16.5. The molecular formula is C20H35NO3. The third-order valence-corrected chi connectivity index (χ3v) is 4.10. The van der Waals surface area contributed by atoms with Gasteiger partial charge in [0.05, 0.1) is 5.97 Å². The SMILES string of the molecule is CCCCCCCCCCCCc1ccc(OCC(=O)[O-])cc1.[NH4+]. The minimum Gasteiger partial charge on any atom is -0.546 e. The van der Waals surface area contributed by atoms with E-state index < -0.39 is 12.6 Å². The molecule has 4 heteroatoms. The molecule has 0 atom stereocenters. The number of carbonyl (C=O) groups is 1. The van der Waals surface area contributed by atoms with Gasteiger partial charge < -0.3 is 20.8 Å². The van der Waals surface area contributed by atoms with E-state index in [0.29, 0.717) is 5.75 Å². The lowest BCUT2D eigenvalue weighted by Crippen LogP contribution is -2.28. The first-order chi connectivity index (χ1) is 11.2. The van der Waals surface area contributed by atoms with Crippen LogP contribution < -0.4 is 16.0 Å². The number of quaternary nitrogens is 1. The molecule has 0 spiro atoms. The highest BCUT2D eigenvalue weighted by Crippen LogP contribution is 2.15. The molecule has 138 valence electrons. The van der Waals surface area contributed by atoms with E-state index in [1.807, 2.05) is 24.3 Å². The molecule has 1 aromatic rings.